The van der Waals surface area contributed by atoms with Gasteiger partial charge in [0.2, 0.25) is 0 Å². The second-order valence-electron chi connectivity index (χ2n) is 6.22. The molecule has 1 aromatic carbocycles. The van der Waals surface area contributed by atoms with Gasteiger partial charge in [-0.25, -0.2) is 13.4 Å². The summed E-state index contributed by atoms with van der Waals surface area (Å²) in [6, 6.07) is 5.48. The monoisotopic (exact) mass is 529 g/mol. The summed E-state index contributed by atoms with van der Waals surface area (Å²) in [5.41, 5.74) is 0.934. The van der Waals surface area contributed by atoms with Gasteiger partial charge in [-0.2, -0.15) is 0 Å². The second kappa shape index (κ2) is 13.8. The van der Waals surface area contributed by atoms with E-state index in [1.54, 1.807) is 13.2 Å². The molecular formula is C18H32IN3O5S. The van der Waals surface area contributed by atoms with Crippen LogP contribution in [0.1, 0.15) is 25.8 Å². The molecule has 0 heterocycles. The molecule has 0 bridgehead atoms. The minimum absolute atomic E-state index is 0. The van der Waals surface area contributed by atoms with Crippen molar-refractivity contribution in [2.45, 2.75) is 32.9 Å². The van der Waals surface area contributed by atoms with E-state index < -0.39 is 9.84 Å². The van der Waals surface area contributed by atoms with Crippen LogP contribution in [0.3, 0.4) is 0 Å². The summed E-state index contributed by atoms with van der Waals surface area (Å²) in [6.45, 7) is 5.15. The largest absolute Gasteiger partial charge is 0.493 e. The van der Waals surface area contributed by atoms with Crippen molar-refractivity contribution in [1.29, 1.82) is 0 Å². The Bertz CT molecular complexity index is 713. The molecule has 0 amide bonds. The van der Waals surface area contributed by atoms with Gasteiger partial charge in [-0.3, -0.25) is 0 Å². The molecule has 1 atom stereocenters. The third-order valence-corrected chi connectivity index (χ3v) is 4.62. The molecule has 0 aliphatic carbocycles. The van der Waals surface area contributed by atoms with Gasteiger partial charge in [0.05, 0.1) is 26.0 Å². The van der Waals surface area contributed by atoms with Crippen LogP contribution in [0.2, 0.25) is 0 Å². The first-order valence-corrected chi connectivity index (χ1v) is 11.0. The SMILES string of the molecule is CCNC(=NCc1ccc(OCCO)c(OC)c1)NC(C)CCS(C)(=O)=O.I. The molecule has 1 rings (SSSR count). The van der Waals surface area contributed by atoms with Crippen LogP contribution in [0.4, 0.5) is 0 Å². The number of nitrogens with one attached hydrogen (secondary N) is 2. The minimum atomic E-state index is -2.98. The van der Waals surface area contributed by atoms with E-state index in [1.165, 1.54) is 6.26 Å². The van der Waals surface area contributed by atoms with E-state index >= 15 is 0 Å². The summed E-state index contributed by atoms with van der Waals surface area (Å²) in [6.07, 6.45) is 1.74. The average molecular weight is 529 g/mol. The van der Waals surface area contributed by atoms with Gasteiger partial charge in [-0.05, 0) is 38.0 Å². The van der Waals surface area contributed by atoms with E-state index in [-0.39, 0.29) is 49.0 Å². The van der Waals surface area contributed by atoms with Crippen molar-refractivity contribution < 1.29 is 23.0 Å². The van der Waals surface area contributed by atoms with Gasteiger partial charge < -0.3 is 25.2 Å². The fourth-order valence-electron chi connectivity index (χ4n) is 2.27. The Kier molecular flexibility index (Phi) is 13.2. The number of hydrogen-bond acceptors (Lipinski definition) is 6. The summed E-state index contributed by atoms with van der Waals surface area (Å²) in [5.74, 6) is 1.90. The second-order valence-corrected chi connectivity index (χ2v) is 8.48. The van der Waals surface area contributed by atoms with Crippen molar-refractivity contribution in [3.8, 4) is 11.5 Å². The molecule has 1 aromatic rings. The summed E-state index contributed by atoms with van der Waals surface area (Å²) < 4.78 is 33.3. The number of nitrogens with zero attached hydrogens (tertiary/aromatic N) is 1. The number of methoxy groups -OCH3 is 1. The highest BCUT2D eigenvalue weighted by atomic mass is 127. The molecule has 0 saturated carbocycles. The Morgan fingerprint density at radius 3 is 2.61 bits per heavy atom. The Hall–Kier alpha value is -1.27. The number of sulfone groups is 1. The number of aliphatic hydroxyl groups is 1. The van der Waals surface area contributed by atoms with Crippen LogP contribution < -0.4 is 20.1 Å². The van der Waals surface area contributed by atoms with Crippen LogP contribution >= 0.6 is 24.0 Å². The predicted molar refractivity (Wildman–Crippen MR) is 123 cm³/mol. The number of hydrogen-bond donors (Lipinski definition) is 3. The zero-order valence-electron chi connectivity index (χ0n) is 16.9. The molecule has 8 nitrogen and oxygen atoms in total. The number of ether oxygens (including phenoxy) is 2. The van der Waals surface area contributed by atoms with Crippen LogP contribution in [0.5, 0.6) is 11.5 Å². The first kappa shape index (κ1) is 26.7. The van der Waals surface area contributed by atoms with Crippen molar-refractivity contribution in [3.63, 3.8) is 0 Å². The van der Waals surface area contributed by atoms with E-state index in [4.69, 9.17) is 14.6 Å². The predicted octanol–water partition coefficient (Wildman–Crippen LogP) is 1.56. The van der Waals surface area contributed by atoms with Gasteiger partial charge in [0.15, 0.2) is 17.5 Å². The van der Waals surface area contributed by atoms with Crippen molar-refractivity contribution >= 4 is 39.8 Å². The Balaban J connectivity index is 0.00000729. The standard InChI is InChI=1S/C18H31N3O5S.HI/c1-5-19-18(21-14(2)8-11-27(4,23)24)20-13-15-6-7-16(26-10-9-22)17(12-15)25-3;/h6-7,12,14,22H,5,8-11,13H2,1-4H3,(H2,19,20,21);1H. The number of halogens is 1. The molecule has 0 fully saturated rings. The topological polar surface area (TPSA) is 109 Å². The molecule has 162 valence electrons. The summed E-state index contributed by atoms with van der Waals surface area (Å²) in [7, 11) is -1.42. The maximum absolute atomic E-state index is 11.3. The van der Waals surface area contributed by atoms with Gasteiger partial charge in [0.25, 0.3) is 0 Å². The fraction of sp³-hybridized carbons (Fsp3) is 0.611. The molecule has 0 aromatic heterocycles. The van der Waals surface area contributed by atoms with E-state index in [1.807, 2.05) is 26.0 Å². The minimum Gasteiger partial charge on any atom is -0.493 e. The van der Waals surface area contributed by atoms with E-state index in [9.17, 15) is 8.42 Å². The fourth-order valence-corrected chi connectivity index (χ4v) is 3.05. The Morgan fingerprint density at radius 1 is 1.32 bits per heavy atom. The van der Waals surface area contributed by atoms with Crippen molar-refractivity contribution in [1.82, 2.24) is 10.6 Å². The maximum atomic E-state index is 11.3. The van der Waals surface area contributed by atoms with E-state index in [2.05, 4.69) is 15.6 Å². The van der Waals surface area contributed by atoms with Crippen LogP contribution in [-0.4, -0.2) is 64.4 Å². The molecule has 0 saturated heterocycles. The van der Waals surface area contributed by atoms with E-state index in [0.29, 0.717) is 37.0 Å². The lowest BCUT2D eigenvalue weighted by molar-refractivity contribution is 0.196. The van der Waals surface area contributed by atoms with Gasteiger partial charge in [-0.1, -0.05) is 6.07 Å². The Morgan fingerprint density at radius 2 is 2.04 bits per heavy atom. The molecular weight excluding hydrogens is 497 g/mol. The quantitative estimate of drug-likeness (QED) is 0.227. The molecule has 10 heteroatoms. The number of aliphatic imine (C=N–C) groups is 1. The lowest BCUT2D eigenvalue weighted by Gasteiger charge is -2.17. The lowest BCUT2D eigenvalue weighted by atomic mass is 10.2. The maximum Gasteiger partial charge on any atom is 0.191 e. The van der Waals surface area contributed by atoms with Crippen LogP contribution in [0.25, 0.3) is 0 Å². The van der Waals surface area contributed by atoms with Crippen molar-refractivity contribution in [2.24, 2.45) is 4.99 Å². The normalized spacial score (nSPS) is 12.7. The first-order valence-electron chi connectivity index (χ1n) is 8.92. The summed E-state index contributed by atoms with van der Waals surface area (Å²) in [4.78, 5) is 4.54. The lowest BCUT2D eigenvalue weighted by Crippen LogP contribution is -2.42. The zero-order chi connectivity index (χ0) is 20.3. The third kappa shape index (κ3) is 10.9. The van der Waals surface area contributed by atoms with Crippen LogP contribution in [0.15, 0.2) is 23.2 Å². The molecule has 0 spiro atoms. The van der Waals surface area contributed by atoms with Gasteiger partial charge in [-0.15, -0.1) is 24.0 Å². The van der Waals surface area contributed by atoms with Crippen molar-refractivity contribution in [3.05, 3.63) is 23.8 Å². The van der Waals surface area contributed by atoms with Crippen molar-refractivity contribution in [2.75, 3.05) is 38.9 Å². The van der Waals surface area contributed by atoms with Gasteiger partial charge in [0.1, 0.15) is 16.4 Å². The molecule has 1 unspecified atom stereocenters. The summed E-state index contributed by atoms with van der Waals surface area (Å²) in [5, 5.41) is 15.2. The number of guanidine groups is 1. The zero-order valence-corrected chi connectivity index (χ0v) is 20.0. The number of aliphatic hydroxyl groups excluding tert-OH is 1. The molecule has 0 radical (unpaired) electrons. The van der Waals surface area contributed by atoms with Gasteiger partial charge in [0, 0.05) is 18.8 Å². The van der Waals surface area contributed by atoms with E-state index in [0.717, 1.165) is 5.56 Å². The molecule has 0 aliphatic heterocycles. The van der Waals surface area contributed by atoms with Crippen LogP contribution in [0, 0.1) is 0 Å². The average Bonchev–Trinajstić information content (AvgIpc) is 2.62. The number of benzene rings is 1. The summed E-state index contributed by atoms with van der Waals surface area (Å²) >= 11 is 0. The Labute approximate surface area is 185 Å². The van der Waals surface area contributed by atoms with Gasteiger partial charge >= 0.3 is 0 Å². The number of rotatable bonds is 11. The highest BCUT2D eigenvalue weighted by molar-refractivity contribution is 14.0. The molecule has 3 N–H and O–H groups in total. The highest BCUT2D eigenvalue weighted by Crippen LogP contribution is 2.28. The molecule has 0 aliphatic rings. The molecule has 28 heavy (non-hydrogen) atoms. The van der Waals surface area contributed by atoms with Crippen LogP contribution in [-0.2, 0) is 16.4 Å². The third-order valence-electron chi connectivity index (χ3n) is 3.65. The first-order chi connectivity index (χ1) is 12.8. The highest BCUT2D eigenvalue weighted by Gasteiger charge is 2.10. The smallest absolute Gasteiger partial charge is 0.191 e.